The first kappa shape index (κ1) is 10.9. The zero-order valence-electron chi connectivity index (χ0n) is 9.29. The molecule has 0 aromatic carbocycles. The second-order valence-electron chi connectivity index (χ2n) is 4.34. The van der Waals surface area contributed by atoms with E-state index < -0.39 is 0 Å². The van der Waals surface area contributed by atoms with E-state index in [1.165, 1.54) is 6.08 Å². The Hall–Kier alpha value is -1.56. The van der Waals surface area contributed by atoms with E-state index in [4.69, 9.17) is 10.00 Å². The number of rotatable bonds is 0. The van der Waals surface area contributed by atoms with E-state index >= 15 is 0 Å². The van der Waals surface area contributed by atoms with Gasteiger partial charge in [-0.05, 0) is 24.0 Å². The van der Waals surface area contributed by atoms with Crippen LogP contribution in [0.25, 0.3) is 0 Å². The maximum atomic E-state index is 13.4. The summed E-state index contributed by atoms with van der Waals surface area (Å²) >= 11 is 0. The molecule has 1 heterocycles. The Kier molecular flexibility index (Phi) is 3.09. The molecule has 1 fully saturated rings. The van der Waals surface area contributed by atoms with Crippen molar-refractivity contribution in [3.63, 3.8) is 0 Å². The molecule has 1 aliphatic heterocycles. The van der Waals surface area contributed by atoms with Gasteiger partial charge in [0.1, 0.15) is 11.9 Å². The molecular weight excluding hydrogens is 205 g/mol. The van der Waals surface area contributed by atoms with Gasteiger partial charge in [-0.3, -0.25) is 0 Å². The van der Waals surface area contributed by atoms with Gasteiger partial charge in [-0.25, -0.2) is 4.39 Å². The maximum Gasteiger partial charge on any atom is 0.122 e. The zero-order chi connectivity index (χ0) is 11.5. The molecule has 2 nitrogen and oxygen atoms in total. The molecule has 1 saturated heterocycles. The lowest BCUT2D eigenvalue weighted by Crippen LogP contribution is -2.14. The van der Waals surface area contributed by atoms with Crippen molar-refractivity contribution in [1.29, 1.82) is 5.26 Å². The Balaban J connectivity index is 2.15. The quantitative estimate of drug-likeness (QED) is 0.625. The number of ether oxygens (including phenoxy) is 1. The van der Waals surface area contributed by atoms with Crippen LogP contribution in [0.3, 0.4) is 0 Å². The highest BCUT2D eigenvalue weighted by Gasteiger charge is 2.19. The van der Waals surface area contributed by atoms with Crippen LogP contribution in [0.15, 0.2) is 34.9 Å². The van der Waals surface area contributed by atoms with E-state index in [0.717, 1.165) is 24.2 Å². The van der Waals surface area contributed by atoms with Crippen molar-refractivity contribution >= 4 is 0 Å². The van der Waals surface area contributed by atoms with Crippen molar-refractivity contribution in [1.82, 2.24) is 0 Å². The molecule has 1 atom stereocenters. The van der Waals surface area contributed by atoms with E-state index in [1.54, 1.807) is 6.08 Å². The van der Waals surface area contributed by atoms with E-state index in [0.29, 0.717) is 12.5 Å². The number of halogens is 1. The minimum absolute atomic E-state index is 0.133. The van der Waals surface area contributed by atoms with Crippen LogP contribution in [-0.4, -0.2) is 6.61 Å². The molecule has 84 valence electrons. The predicted molar refractivity (Wildman–Crippen MR) is 58.9 cm³/mol. The van der Waals surface area contributed by atoms with Gasteiger partial charge in [0.15, 0.2) is 0 Å². The Morgan fingerprint density at radius 3 is 2.88 bits per heavy atom. The van der Waals surface area contributed by atoms with E-state index in [2.05, 4.69) is 6.92 Å². The van der Waals surface area contributed by atoms with Gasteiger partial charge in [0.05, 0.1) is 17.9 Å². The lowest BCUT2D eigenvalue weighted by molar-refractivity contribution is 0.121. The molecule has 0 aromatic rings. The van der Waals surface area contributed by atoms with Crippen LogP contribution in [0.2, 0.25) is 0 Å². The van der Waals surface area contributed by atoms with Crippen molar-refractivity contribution < 1.29 is 9.13 Å². The molecule has 2 rings (SSSR count). The van der Waals surface area contributed by atoms with Gasteiger partial charge in [0, 0.05) is 12.8 Å². The van der Waals surface area contributed by atoms with Crippen molar-refractivity contribution in [2.45, 2.75) is 26.2 Å². The van der Waals surface area contributed by atoms with Crippen LogP contribution in [0.1, 0.15) is 26.2 Å². The number of allylic oxidation sites excluding steroid dienone is 6. The minimum Gasteiger partial charge on any atom is -0.497 e. The Morgan fingerprint density at radius 2 is 2.31 bits per heavy atom. The highest BCUT2D eigenvalue weighted by molar-refractivity contribution is 5.46. The molecule has 16 heavy (non-hydrogen) atoms. The summed E-state index contributed by atoms with van der Waals surface area (Å²) in [5.41, 5.74) is 1.01. The molecule has 3 heteroatoms. The third-order valence-electron chi connectivity index (χ3n) is 2.97. The number of nitrogens with zero attached hydrogens (tertiary/aromatic N) is 1. The highest BCUT2D eigenvalue weighted by atomic mass is 19.1. The molecule has 0 spiro atoms. The van der Waals surface area contributed by atoms with Crippen LogP contribution in [-0.2, 0) is 4.74 Å². The first-order valence-corrected chi connectivity index (χ1v) is 5.52. The summed E-state index contributed by atoms with van der Waals surface area (Å²) in [5, 5.41) is 8.65. The van der Waals surface area contributed by atoms with Gasteiger partial charge in [-0.1, -0.05) is 13.0 Å². The highest BCUT2D eigenvalue weighted by Crippen LogP contribution is 2.31. The fraction of sp³-hybridized carbons (Fsp3) is 0.462. The van der Waals surface area contributed by atoms with Gasteiger partial charge in [-0.2, -0.15) is 5.26 Å². The van der Waals surface area contributed by atoms with E-state index in [1.807, 2.05) is 6.07 Å². The topological polar surface area (TPSA) is 33.0 Å². The Labute approximate surface area is 94.7 Å². The van der Waals surface area contributed by atoms with Gasteiger partial charge >= 0.3 is 0 Å². The fourth-order valence-electron chi connectivity index (χ4n) is 1.91. The lowest BCUT2D eigenvalue weighted by Gasteiger charge is -2.24. The standard InChI is InChI=1S/C13H14FNO/c1-9-2-5-13(16-8-9)10-3-4-11(7-15)12(14)6-10/h3-4,9H,2,5-6,8H2,1H3/b13-10-. The average Bonchev–Trinajstić information content (AvgIpc) is 2.30. The summed E-state index contributed by atoms with van der Waals surface area (Å²) < 4.78 is 19.0. The smallest absolute Gasteiger partial charge is 0.122 e. The molecule has 1 aliphatic carbocycles. The van der Waals surface area contributed by atoms with Crippen LogP contribution >= 0.6 is 0 Å². The summed E-state index contributed by atoms with van der Waals surface area (Å²) in [6.07, 6.45) is 5.48. The van der Waals surface area contributed by atoms with Gasteiger partial charge in [-0.15, -0.1) is 0 Å². The van der Waals surface area contributed by atoms with E-state index in [-0.39, 0.29) is 17.8 Å². The normalized spacial score (nSPS) is 29.9. The molecule has 0 radical (unpaired) electrons. The van der Waals surface area contributed by atoms with Crippen molar-refractivity contribution in [2.24, 2.45) is 5.92 Å². The Bertz CT molecular complexity index is 416. The predicted octanol–water partition coefficient (Wildman–Crippen LogP) is 3.39. The molecule has 0 amide bonds. The number of nitriles is 1. The van der Waals surface area contributed by atoms with Crippen LogP contribution in [0.5, 0.6) is 0 Å². The first-order valence-electron chi connectivity index (χ1n) is 5.52. The third-order valence-corrected chi connectivity index (χ3v) is 2.97. The van der Waals surface area contributed by atoms with Gasteiger partial charge in [0.25, 0.3) is 0 Å². The minimum atomic E-state index is -0.352. The molecular formula is C13H14FNO. The average molecular weight is 219 g/mol. The SMILES string of the molecule is CC1CC/C(=C2\C=CC(C#N)=C(F)C2)OC1. The molecule has 2 aliphatic rings. The summed E-state index contributed by atoms with van der Waals surface area (Å²) in [5.74, 6) is 1.11. The monoisotopic (exact) mass is 219 g/mol. The molecule has 1 unspecified atom stereocenters. The lowest BCUT2D eigenvalue weighted by atomic mass is 9.95. The molecule has 0 N–H and O–H groups in total. The van der Waals surface area contributed by atoms with Crippen molar-refractivity contribution in [2.75, 3.05) is 6.61 Å². The molecule has 0 saturated carbocycles. The van der Waals surface area contributed by atoms with Crippen molar-refractivity contribution in [3.8, 4) is 6.07 Å². The molecule has 0 aromatic heterocycles. The number of hydrogen-bond donors (Lipinski definition) is 0. The summed E-state index contributed by atoms with van der Waals surface area (Å²) in [6.45, 7) is 2.86. The largest absolute Gasteiger partial charge is 0.497 e. The molecule has 0 bridgehead atoms. The van der Waals surface area contributed by atoms with Gasteiger partial charge < -0.3 is 4.74 Å². The second kappa shape index (κ2) is 4.52. The van der Waals surface area contributed by atoms with Gasteiger partial charge in [0.2, 0.25) is 0 Å². The zero-order valence-corrected chi connectivity index (χ0v) is 9.29. The summed E-state index contributed by atoms with van der Waals surface area (Å²) in [6, 6.07) is 1.84. The maximum absolute atomic E-state index is 13.4. The van der Waals surface area contributed by atoms with Crippen molar-refractivity contribution in [3.05, 3.63) is 34.9 Å². The fourth-order valence-corrected chi connectivity index (χ4v) is 1.91. The number of hydrogen-bond acceptors (Lipinski definition) is 2. The third kappa shape index (κ3) is 2.16. The Morgan fingerprint density at radius 1 is 1.50 bits per heavy atom. The van der Waals surface area contributed by atoms with Crippen LogP contribution in [0.4, 0.5) is 4.39 Å². The summed E-state index contributed by atoms with van der Waals surface area (Å²) in [7, 11) is 0. The second-order valence-corrected chi connectivity index (χ2v) is 4.34. The van der Waals surface area contributed by atoms with Crippen LogP contribution < -0.4 is 0 Å². The van der Waals surface area contributed by atoms with E-state index in [9.17, 15) is 4.39 Å². The van der Waals surface area contributed by atoms with Crippen LogP contribution in [0, 0.1) is 17.2 Å². The summed E-state index contributed by atoms with van der Waals surface area (Å²) in [4.78, 5) is 0. The first-order chi connectivity index (χ1) is 7.70.